The normalized spacial score (nSPS) is 12.4. The van der Waals surface area contributed by atoms with E-state index in [9.17, 15) is 10.1 Å². The second kappa shape index (κ2) is 5.54. The highest BCUT2D eigenvalue weighted by atomic mass is 16.5. The first-order valence-electron chi connectivity index (χ1n) is 5.73. The van der Waals surface area contributed by atoms with Gasteiger partial charge in [0.15, 0.2) is 0 Å². The van der Waals surface area contributed by atoms with Gasteiger partial charge in [-0.15, -0.1) is 0 Å². The average molecular weight is 246 g/mol. The fraction of sp³-hybridized carbons (Fsp3) is 0.429. The lowest BCUT2D eigenvalue weighted by atomic mass is 9.94. The Balaban J connectivity index is 2.98. The van der Waals surface area contributed by atoms with Crippen LogP contribution >= 0.6 is 0 Å². The Morgan fingerprint density at radius 2 is 2.00 bits per heavy atom. The lowest BCUT2D eigenvalue weighted by molar-refractivity contribution is -0.128. The average Bonchev–Trinajstić information content (AvgIpc) is 2.34. The van der Waals surface area contributed by atoms with E-state index in [0.29, 0.717) is 11.3 Å². The summed E-state index contributed by atoms with van der Waals surface area (Å²) in [6.07, 6.45) is 0. The first-order chi connectivity index (χ1) is 8.40. The predicted molar refractivity (Wildman–Crippen MR) is 68.9 cm³/mol. The predicted octanol–water partition coefficient (Wildman–Crippen LogP) is 2.42. The largest absolute Gasteiger partial charge is 0.496 e. The van der Waals surface area contributed by atoms with Crippen LogP contribution in [0.15, 0.2) is 24.3 Å². The zero-order chi connectivity index (χ0) is 13.8. The smallest absolute Gasteiger partial charge is 0.226 e. The number of hydrogen-bond acceptors (Lipinski definition) is 3. The van der Waals surface area contributed by atoms with Crippen molar-refractivity contribution in [3.05, 3.63) is 29.8 Å². The van der Waals surface area contributed by atoms with Crippen LogP contribution in [0.5, 0.6) is 5.75 Å². The number of benzene rings is 1. The maximum absolute atomic E-state index is 11.9. The Hall–Kier alpha value is -2.02. The van der Waals surface area contributed by atoms with Crippen LogP contribution < -0.4 is 10.1 Å². The first kappa shape index (κ1) is 14.0. The maximum Gasteiger partial charge on any atom is 0.226 e. The molecule has 1 atom stereocenters. The molecule has 4 heteroatoms. The first-order valence-corrected chi connectivity index (χ1v) is 5.73. The molecule has 4 nitrogen and oxygen atoms in total. The molecular weight excluding hydrogens is 228 g/mol. The molecule has 0 aliphatic heterocycles. The van der Waals surface area contributed by atoms with Gasteiger partial charge in [-0.1, -0.05) is 39.0 Å². The van der Waals surface area contributed by atoms with Crippen LogP contribution in [0.1, 0.15) is 32.4 Å². The standard InChI is InChI=1S/C14H18N2O2/c1-14(2,3)13(17)16-11(9-15)10-7-5-6-8-12(10)18-4/h5-8,11H,1-4H3,(H,16,17). The number of para-hydroxylation sites is 1. The summed E-state index contributed by atoms with van der Waals surface area (Å²) < 4.78 is 5.19. The molecule has 96 valence electrons. The summed E-state index contributed by atoms with van der Waals surface area (Å²) in [5.74, 6) is 0.429. The number of ether oxygens (including phenoxy) is 1. The molecule has 0 spiro atoms. The summed E-state index contributed by atoms with van der Waals surface area (Å²) >= 11 is 0. The number of amides is 1. The molecule has 0 radical (unpaired) electrons. The highest BCUT2D eigenvalue weighted by Gasteiger charge is 2.25. The number of hydrogen-bond donors (Lipinski definition) is 1. The quantitative estimate of drug-likeness (QED) is 0.890. The van der Waals surface area contributed by atoms with Crippen molar-refractivity contribution in [1.82, 2.24) is 5.32 Å². The van der Waals surface area contributed by atoms with Gasteiger partial charge in [0.1, 0.15) is 11.8 Å². The third-order valence-electron chi connectivity index (χ3n) is 2.54. The zero-order valence-electron chi connectivity index (χ0n) is 11.2. The molecule has 0 fully saturated rings. The van der Waals surface area contributed by atoms with E-state index in [-0.39, 0.29) is 5.91 Å². The number of carbonyl (C=O) groups excluding carboxylic acids is 1. The van der Waals surface area contributed by atoms with E-state index in [2.05, 4.69) is 11.4 Å². The van der Waals surface area contributed by atoms with Crippen molar-refractivity contribution >= 4 is 5.91 Å². The Bertz CT molecular complexity index is 469. The summed E-state index contributed by atoms with van der Waals surface area (Å²) in [7, 11) is 1.54. The molecule has 0 aliphatic carbocycles. The number of nitrogens with zero attached hydrogens (tertiary/aromatic N) is 1. The maximum atomic E-state index is 11.9. The van der Waals surface area contributed by atoms with Crippen molar-refractivity contribution in [2.45, 2.75) is 26.8 Å². The minimum absolute atomic E-state index is 0.167. The van der Waals surface area contributed by atoms with Crippen molar-refractivity contribution < 1.29 is 9.53 Å². The van der Waals surface area contributed by atoms with Crippen molar-refractivity contribution in [1.29, 1.82) is 5.26 Å². The second-order valence-corrected chi connectivity index (χ2v) is 5.03. The number of nitrogens with one attached hydrogen (secondary N) is 1. The van der Waals surface area contributed by atoms with Gasteiger partial charge in [0.25, 0.3) is 0 Å². The van der Waals surface area contributed by atoms with Gasteiger partial charge in [0.2, 0.25) is 5.91 Å². The molecule has 0 bridgehead atoms. The van der Waals surface area contributed by atoms with E-state index in [1.807, 2.05) is 12.1 Å². The van der Waals surface area contributed by atoms with Crippen molar-refractivity contribution in [2.24, 2.45) is 5.41 Å². The number of rotatable bonds is 3. The van der Waals surface area contributed by atoms with E-state index < -0.39 is 11.5 Å². The van der Waals surface area contributed by atoms with Gasteiger partial charge < -0.3 is 10.1 Å². The Labute approximate surface area is 108 Å². The molecule has 1 aromatic carbocycles. The summed E-state index contributed by atoms with van der Waals surface area (Å²) in [6.45, 7) is 5.41. The Kier molecular flexibility index (Phi) is 4.33. The Morgan fingerprint density at radius 1 is 1.39 bits per heavy atom. The van der Waals surface area contributed by atoms with Gasteiger partial charge in [-0.05, 0) is 6.07 Å². The molecule has 1 aromatic rings. The van der Waals surface area contributed by atoms with Gasteiger partial charge in [-0.25, -0.2) is 0 Å². The summed E-state index contributed by atoms with van der Waals surface area (Å²) in [6, 6.07) is 8.56. The van der Waals surface area contributed by atoms with Gasteiger partial charge in [-0.2, -0.15) is 5.26 Å². The third kappa shape index (κ3) is 3.24. The minimum Gasteiger partial charge on any atom is -0.496 e. The molecule has 0 saturated carbocycles. The van der Waals surface area contributed by atoms with Crippen LogP contribution in [-0.4, -0.2) is 13.0 Å². The van der Waals surface area contributed by atoms with Crippen molar-refractivity contribution in [3.8, 4) is 11.8 Å². The van der Waals surface area contributed by atoms with Crippen LogP contribution in [0.4, 0.5) is 0 Å². The van der Waals surface area contributed by atoms with Gasteiger partial charge in [-0.3, -0.25) is 4.79 Å². The van der Waals surface area contributed by atoms with E-state index in [1.165, 1.54) is 0 Å². The number of carbonyl (C=O) groups is 1. The lowest BCUT2D eigenvalue weighted by Gasteiger charge is -2.21. The van der Waals surface area contributed by atoms with Crippen LogP contribution in [0.25, 0.3) is 0 Å². The van der Waals surface area contributed by atoms with E-state index in [4.69, 9.17) is 4.74 Å². The minimum atomic E-state index is -0.701. The SMILES string of the molecule is COc1ccccc1C(C#N)NC(=O)C(C)(C)C. The fourth-order valence-corrected chi connectivity index (χ4v) is 1.43. The molecule has 1 unspecified atom stereocenters. The van der Waals surface area contributed by atoms with Crippen LogP contribution in [-0.2, 0) is 4.79 Å². The van der Waals surface area contributed by atoms with E-state index in [1.54, 1.807) is 40.0 Å². The highest BCUT2D eigenvalue weighted by Crippen LogP contribution is 2.25. The van der Waals surface area contributed by atoms with Crippen LogP contribution in [0, 0.1) is 16.7 Å². The molecular formula is C14H18N2O2. The highest BCUT2D eigenvalue weighted by molar-refractivity contribution is 5.82. The molecule has 1 rings (SSSR count). The Morgan fingerprint density at radius 3 is 2.50 bits per heavy atom. The summed E-state index contributed by atoms with van der Waals surface area (Å²) in [4.78, 5) is 11.9. The zero-order valence-corrected chi connectivity index (χ0v) is 11.2. The molecule has 1 amide bonds. The molecule has 0 heterocycles. The molecule has 18 heavy (non-hydrogen) atoms. The number of methoxy groups -OCH3 is 1. The van der Waals surface area contributed by atoms with Gasteiger partial charge >= 0.3 is 0 Å². The molecule has 0 aliphatic rings. The van der Waals surface area contributed by atoms with Crippen LogP contribution in [0.3, 0.4) is 0 Å². The fourth-order valence-electron chi connectivity index (χ4n) is 1.43. The van der Waals surface area contributed by atoms with Crippen LogP contribution in [0.2, 0.25) is 0 Å². The lowest BCUT2D eigenvalue weighted by Crippen LogP contribution is -2.37. The van der Waals surface area contributed by atoms with E-state index >= 15 is 0 Å². The van der Waals surface area contributed by atoms with Crippen molar-refractivity contribution in [3.63, 3.8) is 0 Å². The number of nitriles is 1. The van der Waals surface area contributed by atoms with Crippen molar-refractivity contribution in [2.75, 3.05) is 7.11 Å². The molecule has 0 saturated heterocycles. The molecule has 0 aromatic heterocycles. The van der Waals surface area contributed by atoms with Gasteiger partial charge in [0.05, 0.1) is 13.2 Å². The molecule has 1 N–H and O–H groups in total. The topological polar surface area (TPSA) is 62.1 Å². The summed E-state index contributed by atoms with van der Waals surface area (Å²) in [5.41, 5.74) is 0.136. The van der Waals surface area contributed by atoms with E-state index in [0.717, 1.165) is 0 Å². The summed E-state index contributed by atoms with van der Waals surface area (Å²) in [5, 5.41) is 11.9. The third-order valence-corrected chi connectivity index (χ3v) is 2.54. The second-order valence-electron chi connectivity index (χ2n) is 5.03. The van der Waals surface area contributed by atoms with Gasteiger partial charge in [0, 0.05) is 11.0 Å². The monoisotopic (exact) mass is 246 g/mol.